The van der Waals surface area contributed by atoms with Gasteiger partial charge in [-0.15, -0.1) is 0 Å². The summed E-state index contributed by atoms with van der Waals surface area (Å²) in [6.07, 6.45) is 3.81. The van der Waals surface area contributed by atoms with E-state index in [-0.39, 0.29) is 6.04 Å². The van der Waals surface area contributed by atoms with Gasteiger partial charge in [0.15, 0.2) is 0 Å². The van der Waals surface area contributed by atoms with Crippen molar-refractivity contribution < 1.29 is 4.74 Å². The van der Waals surface area contributed by atoms with Crippen molar-refractivity contribution >= 4 is 5.95 Å². The molecular formula is C16H23N3O. The summed E-state index contributed by atoms with van der Waals surface area (Å²) >= 11 is 0. The Hall–Kier alpha value is -1.81. The molecule has 0 aliphatic rings. The van der Waals surface area contributed by atoms with Gasteiger partial charge in [0, 0.05) is 26.0 Å². The molecule has 2 unspecified atom stereocenters. The number of nitrogens with zero attached hydrogens (tertiary/aromatic N) is 2. The molecule has 20 heavy (non-hydrogen) atoms. The van der Waals surface area contributed by atoms with Crippen LogP contribution in [0, 0.1) is 0 Å². The molecule has 1 aromatic heterocycles. The Balaban J connectivity index is 1.96. The third kappa shape index (κ3) is 3.61. The van der Waals surface area contributed by atoms with E-state index in [9.17, 15) is 0 Å². The summed E-state index contributed by atoms with van der Waals surface area (Å²) in [6, 6.07) is 10.8. The molecular weight excluding hydrogens is 250 g/mol. The quantitative estimate of drug-likeness (QED) is 0.841. The van der Waals surface area contributed by atoms with Crippen molar-refractivity contribution in [2.45, 2.75) is 25.8 Å². The number of imidazole rings is 1. The fourth-order valence-corrected chi connectivity index (χ4v) is 2.27. The Morgan fingerprint density at radius 3 is 2.70 bits per heavy atom. The smallest absolute Gasteiger partial charge is 0.203 e. The van der Waals surface area contributed by atoms with Gasteiger partial charge in [-0.1, -0.05) is 37.3 Å². The van der Waals surface area contributed by atoms with Crippen LogP contribution in [0.1, 0.15) is 31.4 Å². The van der Waals surface area contributed by atoms with E-state index < -0.39 is 0 Å². The van der Waals surface area contributed by atoms with E-state index in [2.05, 4.69) is 53.0 Å². The Morgan fingerprint density at radius 1 is 1.25 bits per heavy atom. The first-order valence-corrected chi connectivity index (χ1v) is 7.03. The van der Waals surface area contributed by atoms with Crippen molar-refractivity contribution in [3.8, 4) is 0 Å². The second-order valence-electron chi connectivity index (χ2n) is 5.16. The number of rotatable bonds is 7. The molecule has 0 saturated carbocycles. The van der Waals surface area contributed by atoms with Crippen LogP contribution in [-0.4, -0.2) is 29.8 Å². The van der Waals surface area contributed by atoms with E-state index in [0.29, 0.717) is 12.5 Å². The topological polar surface area (TPSA) is 39.1 Å². The average molecular weight is 273 g/mol. The zero-order chi connectivity index (χ0) is 14.4. The first-order chi connectivity index (χ1) is 9.72. The zero-order valence-corrected chi connectivity index (χ0v) is 12.4. The molecule has 0 aliphatic heterocycles. The molecule has 1 aromatic carbocycles. The summed E-state index contributed by atoms with van der Waals surface area (Å²) in [6.45, 7) is 5.88. The van der Waals surface area contributed by atoms with Crippen molar-refractivity contribution in [1.29, 1.82) is 0 Å². The van der Waals surface area contributed by atoms with Crippen LogP contribution in [0.5, 0.6) is 0 Å². The van der Waals surface area contributed by atoms with Crippen molar-refractivity contribution in [2.75, 3.05) is 25.6 Å². The summed E-state index contributed by atoms with van der Waals surface area (Å²) in [4.78, 5) is 4.38. The predicted molar refractivity (Wildman–Crippen MR) is 82.2 cm³/mol. The Kier molecular flexibility index (Phi) is 5.18. The zero-order valence-electron chi connectivity index (χ0n) is 12.4. The third-order valence-electron chi connectivity index (χ3n) is 3.49. The van der Waals surface area contributed by atoms with Crippen LogP contribution in [0.4, 0.5) is 5.95 Å². The van der Waals surface area contributed by atoms with Gasteiger partial charge in [0.2, 0.25) is 5.95 Å². The summed E-state index contributed by atoms with van der Waals surface area (Å²) in [5.41, 5.74) is 1.34. The summed E-state index contributed by atoms with van der Waals surface area (Å²) < 4.78 is 7.31. The molecule has 0 amide bonds. The highest BCUT2D eigenvalue weighted by Crippen LogP contribution is 2.17. The monoisotopic (exact) mass is 273 g/mol. The highest BCUT2D eigenvalue weighted by molar-refractivity contribution is 5.29. The van der Waals surface area contributed by atoms with E-state index in [1.807, 2.05) is 18.5 Å². The second-order valence-corrected chi connectivity index (χ2v) is 5.16. The largest absolute Gasteiger partial charge is 0.383 e. The molecule has 1 heterocycles. The van der Waals surface area contributed by atoms with Crippen LogP contribution in [0.2, 0.25) is 0 Å². The second kappa shape index (κ2) is 7.10. The van der Waals surface area contributed by atoms with E-state index in [1.54, 1.807) is 7.11 Å². The minimum atomic E-state index is 0.275. The van der Waals surface area contributed by atoms with Gasteiger partial charge in [0.25, 0.3) is 0 Å². The third-order valence-corrected chi connectivity index (χ3v) is 3.49. The highest BCUT2D eigenvalue weighted by Gasteiger charge is 2.11. The molecule has 2 rings (SSSR count). The summed E-state index contributed by atoms with van der Waals surface area (Å²) in [7, 11) is 1.72. The molecule has 2 aromatic rings. The molecule has 0 bridgehead atoms. The predicted octanol–water partition coefficient (Wildman–Crippen LogP) is 3.31. The fourth-order valence-electron chi connectivity index (χ4n) is 2.27. The molecule has 1 N–H and O–H groups in total. The summed E-state index contributed by atoms with van der Waals surface area (Å²) in [5.74, 6) is 1.34. The van der Waals surface area contributed by atoms with Crippen LogP contribution in [0.15, 0.2) is 42.7 Å². The van der Waals surface area contributed by atoms with Gasteiger partial charge in [0.1, 0.15) is 0 Å². The maximum atomic E-state index is 5.20. The van der Waals surface area contributed by atoms with E-state index in [1.165, 1.54) is 5.56 Å². The first-order valence-electron chi connectivity index (χ1n) is 7.03. The minimum Gasteiger partial charge on any atom is -0.383 e. The lowest BCUT2D eigenvalue weighted by molar-refractivity contribution is 0.163. The number of hydrogen-bond donors (Lipinski definition) is 1. The summed E-state index contributed by atoms with van der Waals surface area (Å²) in [5, 5.41) is 3.43. The lowest BCUT2D eigenvalue weighted by atomic mass is 10.0. The molecule has 0 saturated heterocycles. The fraction of sp³-hybridized carbons (Fsp3) is 0.438. The van der Waals surface area contributed by atoms with Gasteiger partial charge < -0.3 is 14.6 Å². The standard InChI is InChI=1S/C16H23N3O/c1-13(15-7-5-4-6-8-15)11-18-16-17-9-10-19(16)14(2)12-20-3/h4-10,13-14H,11-12H2,1-3H3,(H,17,18). The van der Waals surface area contributed by atoms with Gasteiger partial charge in [-0.25, -0.2) is 4.98 Å². The molecule has 0 radical (unpaired) electrons. The van der Waals surface area contributed by atoms with Crippen molar-refractivity contribution in [3.63, 3.8) is 0 Å². The van der Waals surface area contributed by atoms with Crippen molar-refractivity contribution in [3.05, 3.63) is 48.3 Å². The Labute approximate surface area is 120 Å². The van der Waals surface area contributed by atoms with Crippen LogP contribution in [0.25, 0.3) is 0 Å². The molecule has 4 nitrogen and oxygen atoms in total. The number of aromatic nitrogens is 2. The number of benzene rings is 1. The van der Waals surface area contributed by atoms with Gasteiger partial charge in [-0.05, 0) is 18.4 Å². The maximum absolute atomic E-state index is 5.20. The van der Waals surface area contributed by atoms with Gasteiger partial charge in [-0.3, -0.25) is 0 Å². The average Bonchev–Trinajstić information content (AvgIpc) is 2.94. The molecule has 0 fully saturated rings. The SMILES string of the molecule is COCC(C)n1ccnc1NCC(C)c1ccccc1. The Bertz CT molecular complexity index is 509. The maximum Gasteiger partial charge on any atom is 0.203 e. The van der Waals surface area contributed by atoms with Crippen LogP contribution < -0.4 is 5.32 Å². The van der Waals surface area contributed by atoms with E-state index in [4.69, 9.17) is 4.74 Å². The number of hydrogen-bond acceptors (Lipinski definition) is 3. The molecule has 0 spiro atoms. The van der Waals surface area contributed by atoms with Crippen molar-refractivity contribution in [2.24, 2.45) is 0 Å². The van der Waals surface area contributed by atoms with E-state index >= 15 is 0 Å². The highest BCUT2D eigenvalue weighted by atomic mass is 16.5. The minimum absolute atomic E-state index is 0.275. The van der Waals surface area contributed by atoms with Crippen LogP contribution in [0.3, 0.4) is 0 Å². The van der Waals surface area contributed by atoms with E-state index in [0.717, 1.165) is 12.5 Å². The first kappa shape index (κ1) is 14.6. The molecule has 4 heteroatoms. The number of ether oxygens (including phenoxy) is 1. The lowest BCUT2D eigenvalue weighted by Gasteiger charge is -2.18. The van der Waals surface area contributed by atoms with Gasteiger partial charge in [-0.2, -0.15) is 0 Å². The number of nitrogens with one attached hydrogen (secondary N) is 1. The van der Waals surface area contributed by atoms with Crippen molar-refractivity contribution in [1.82, 2.24) is 9.55 Å². The van der Waals surface area contributed by atoms with Gasteiger partial charge in [0.05, 0.1) is 12.6 Å². The lowest BCUT2D eigenvalue weighted by Crippen LogP contribution is -2.17. The molecule has 0 aliphatic carbocycles. The number of anilines is 1. The molecule has 108 valence electrons. The Morgan fingerprint density at radius 2 is 2.00 bits per heavy atom. The normalized spacial score (nSPS) is 13.9. The number of methoxy groups -OCH3 is 1. The van der Waals surface area contributed by atoms with Crippen LogP contribution >= 0.6 is 0 Å². The van der Waals surface area contributed by atoms with Crippen LogP contribution in [-0.2, 0) is 4.74 Å². The van der Waals surface area contributed by atoms with Gasteiger partial charge >= 0.3 is 0 Å². The molecule has 2 atom stereocenters.